The minimum atomic E-state index is -4.50. The summed E-state index contributed by atoms with van der Waals surface area (Å²) in [4.78, 5) is 7.62. The van der Waals surface area contributed by atoms with Crippen LogP contribution in [0, 0.1) is 0 Å². The van der Waals surface area contributed by atoms with Gasteiger partial charge in [-0.25, -0.2) is 4.98 Å². The van der Waals surface area contributed by atoms with Crippen molar-refractivity contribution in [2.45, 2.75) is 6.18 Å². The van der Waals surface area contributed by atoms with E-state index in [9.17, 15) is 13.2 Å². The Balaban J connectivity index is 2.38. The summed E-state index contributed by atoms with van der Waals surface area (Å²) in [6.07, 6.45) is -3.33. The van der Waals surface area contributed by atoms with E-state index < -0.39 is 11.7 Å². The van der Waals surface area contributed by atoms with Gasteiger partial charge in [0.05, 0.1) is 12.7 Å². The number of nitrogens with two attached hydrogens (primary N) is 1. The number of rotatable bonds is 3. The summed E-state index contributed by atoms with van der Waals surface area (Å²) in [6, 6.07) is 3.06. The van der Waals surface area contributed by atoms with Crippen molar-refractivity contribution in [3.05, 3.63) is 35.1 Å². The Morgan fingerprint density at radius 2 is 1.95 bits per heavy atom. The molecule has 0 radical (unpaired) electrons. The van der Waals surface area contributed by atoms with Crippen molar-refractivity contribution in [2.24, 2.45) is 0 Å². The molecule has 2 aromatic rings. The molecule has 21 heavy (non-hydrogen) atoms. The van der Waals surface area contributed by atoms with Gasteiger partial charge in [-0.3, -0.25) is 0 Å². The second-order valence-electron chi connectivity index (χ2n) is 4.00. The zero-order valence-corrected chi connectivity index (χ0v) is 11.5. The number of alkyl halides is 3. The highest BCUT2D eigenvalue weighted by Gasteiger charge is 2.31. The molecule has 0 saturated carbocycles. The van der Waals surface area contributed by atoms with E-state index in [0.717, 1.165) is 12.1 Å². The summed E-state index contributed by atoms with van der Waals surface area (Å²) in [5.41, 5.74) is 5.03. The van der Waals surface area contributed by atoms with Crippen LogP contribution in [-0.4, -0.2) is 17.1 Å². The van der Waals surface area contributed by atoms with E-state index >= 15 is 0 Å². The standard InChI is InChI=1S/C12H10ClF3N4O/c1-21-11-9(17)10(18-5-19-11)20-8-3-6(12(14,15)16)2-7(13)4-8/h2-5H,17H2,1H3,(H,18,19,20). The van der Waals surface area contributed by atoms with Gasteiger partial charge in [-0.05, 0) is 18.2 Å². The van der Waals surface area contributed by atoms with E-state index in [0.29, 0.717) is 0 Å². The SMILES string of the molecule is COc1ncnc(Nc2cc(Cl)cc(C(F)(F)F)c2)c1N. The van der Waals surface area contributed by atoms with Gasteiger partial charge in [0.25, 0.3) is 0 Å². The lowest BCUT2D eigenvalue weighted by Crippen LogP contribution is -2.07. The number of nitrogens with zero attached hydrogens (tertiary/aromatic N) is 2. The molecule has 0 aliphatic carbocycles. The number of hydrogen-bond donors (Lipinski definition) is 2. The fraction of sp³-hybridized carbons (Fsp3) is 0.167. The molecule has 0 aliphatic rings. The van der Waals surface area contributed by atoms with Gasteiger partial charge in [0.1, 0.15) is 12.0 Å². The lowest BCUT2D eigenvalue weighted by Gasteiger charge is -2.13. The minimum Gasteiger partial charge on any atom is -0.479 e. The fourth-order valence-corrected chi connectivity index (χ4v) is 1.84. The van der Waals surface area contributed by atoms with Gasteiger partial charge in [0.2, 0.25) is 5.88 Å². The number of benzene rings is 1. The molecule has 0 bridgehead atoms. The Morgan fingerprint density at radius 1 is 1.24 bits per heavy atom. The van der Waals surface area contributed by atoms with Crippen molar-refractivity contribution in [2.75, 3.05) is 18.2 Å². The van der Waals surface area contributed by atoms with Gasteiger partial charge in [-0.15, -0.1) is 0 Å². The minimum absolute atomic E-state index is 0.0630. The molecule has 0 atom stereocenters. The first-order valence-corrected chi connectivity index (χ1v) is 5.98. The molecule has 9 heteroatoms. The number of nitrogen functional groups attached to an aromatic ring is 1. The van der Waals surface area contributed by atoms with Crippen molar-refractivity contribution in [1.82, 2.24) is 9.97 Å². The van der Waals surface area contributed by atoms with Crippen LogP contribution in [0.15, 0.2) is 24.5 Å². The highest BCUT2D eigenvalue weighted by atomic mass is 35.5. The summed E-state index contributed by atoms with van der Waals surface area (Å²) in [5.74, 6) is 0.239. The van der Waals surface area contributed by atoms with Gasteiger partial charge in [0.15, 0.2) is 5.82 Å². The molecule has 0 aliphatic heterocycles. The normalized spacial score (nSPS) is 11.3. The predicted molar refractivity (Wildman–Crippen MR) is 72.7 cm³/mol. The number of halogens is 4. The molecule has 3 N–H and O–H groups in total. The number of nitrogens with one attached hydrogen (secondary N) is 1. The van der Waals surface area contributed by atoms with Gasteiger partial charge < -0.3 is 15.8 Å². The third-order valence-corrected chi connectivity index (χ3v) is 2.75. The molecule has 0 unspecified atom stereocenters. The maximum atomic E-state index is 12.7. The van der Waals surface area contributed by atoms with Gasteiger partial charge in [0, 0.05) is 10.7 Å². The van der Waals surface area contributed by atoms with Crippen molar-refractivity contribution >= 4 is 28.8 Å². The molecule has 0 saturated heterocycles. The molecule has 5 nitrogen and oxygen atoms in total. The van der Waals surface area contributed by atoms with Gasteiger partial charge >= 0.3 is 6.18 Å². The van der Waals surface area contributed by atoms with E-state index in [-0.39, 0.29) is 28.1 Å². The molecule has 1 aromatic carbocycles. The first-order valence-electron chi connectivity index (χ1n) is 5.60. The van der Waals surface area contributed by atoms with E-state index in [2.05, 4.69) is 15.3 Å². The van der Waals surface area contributed by atoms with Crippen LogP contribution in [0.3, 0.4) is 0 Å². The molecular weight excluding hydrogens is 309 g/mol. The van der Waals surface area contributed by atoms with E-state index in [4.69, 9.17) is 22.1 Å². The van der Waals surface area contributed by atoms with Crippen LogP contribution in [0.2, 0.25) is 5.02 Å². The number of anilines is 3. The largest absolute Gasteiger partial charge is 0.479 e. The van der Waals surface area contributed by atoms with Crippen LogP contribution in [0.25, 0.3) is 0 Å². The number of ether oxygens (including phenoxy) is 1. The Kier molecular flexibility index (Phi) is 4.08. The van der Waals surface area contributed by atoms with Crippen molar-refractivity contribution < 1.29 is 17.9 Å². The third-order valence-electron chi connectivity index (χ3n) is 2.53. The molecule has 1 heterocycles. The Labute approximate surface area is 122 Å². The Morgan fingerprint density at radius 3 is 2.57 bits per heavy atom. The highest BCUT2D eigenvalue weighted by Crippen LogP contribution is 2.35. The predicted octanol–water partition coefficient (Wildman–Crippen LogP) is 3.48. The van der Waals surface area contributed by atoms with Gasteiger partial charge in [-0.2, -0.15) is 18.2 Å². The van der Waals surface area contributed by atoms with Crippen LogP contribution in [0.1, 0.15) is 5.56 Å². The first-order chi connectivity index (χ1) is 9.81. The lowest BCUT2D eigenvalue weighted by atomic mass is 10.2. The molecular formula is C12H10ClF3N4O. The summed E-state index contributed by atoms with van der Waals surface area (Å²) in [6.45, 7) is 0. The van der Waals surface area contributed by atoms with E-state index in [1.807, 2.05) is 0 Å². The van der Waals surface area contributed by atoms with Crippen LogP contribution in [0.4, 0.5) is 30.4 Å². The third kappa shape index (κ3) is 3.46. The second-order valence-corrected chi connectivity index (χ2v) is 4.43. The number of hydrogen-bond acceptors (Lipinski definition) is 5. The summed E-state index contributed by atoms with van der Waals surface area (Å²) in [7, 11) is 1.36. The van der Waals surface area contributed by atoms with E-state index in [1.54, 1.807) is 0 Å². The lowest BCUT2D eigenvalue weighted by molar-refractivity contribution is -0.137. The maximum absolute atomic E-state index is 12.7. The monoisotopic (exact) mass is 318 g/mol. The molecule has 0 amide bonds. The van der Waals surface area contributed by atoms with Crippen LogP contribution < -0.4 is 15.8 Å². The van der Waals surface area contributed by atoms with Crippen molar-refractivity contribution in [3.8, 4) is 5.88 Å². The average Bonchev–Trinajstić information content (AvgIpc) is 2.39. The molecule has 2 rings (SSSR count). The topological polar surface area (TPSA) is 73.1 Å². The smallest absolute Gasteiger partial charge is 0.416 e. The average molecular weight is 319 g/mol. The number of aromatic nitrogens is 2. The van der Waals surface area contributed by atoms with Gasteiger partial charge in [-0.1, -0.05) is 11.6 Å². The van der Waals surface area contributed by atoms with Crippen LogP contribution in [0.5, 0.6) is 5.88 Å². The van der Waals surface area contributed by atoms with Crippen molar-refractivity contribution in [1.29, 1.82) is 0 Å². The quantitative estimate of drug-likeness (QED) is 0.906. The highest BCUT2D eigenvalue weighted by molar-refractivity contribution is 6.31. The molecule has 0 fully saturated rings. The second kappa shape index (κ2) is 5.65. The first kappa shape index (κ1) is 15.2. The zero-order chi connectivity index (χ0) is 15.6. The summed E-state index contributed by atoms with van der Waals surface area (Å²) in [5, 5.41) is 2.60. The van der Waals surface area contributed by atoms with Crippen LogP contribution >= 0.6 is 11.6 Å². The van der Waals surface area contributed by atoms with Crippen molar-refractivity contribution in [3.63, 3.8) is 0 Å². The molecule has 1 aromatic heterocycles. The Bertz CT molecular complexity index is 663. The zero-order valence-electron chi connectivity index (χ0n) is 10.7. The fourth-order valence-electron chi connectivity index (χ4n) is 1.60. The summed E-state index contributed by atoms with van der Waals surface area (Å²) >= 11 is 5.69. The number of methoxy groups -OCH3 is 1. The molecule has 112 valence electrons. The van der Waals surface area contributed by atoms with Crippen LogP contribution in [-0.2, 0) is 6.18 Å². The Hall–Kier alpha value is -2.22. The summed E-state index contributed by atoms with van der Waals surface area (Å²) < 4.78 is 43.1. The maximum Gasteiger partial charge on any atom is 0.416 e. The van der Waals surface area contributed by atoms with E-state index in [1.165, 1.54) is 19.5 Å². The molecule has 0 spiro atoms.